The van der Waals surface area contributed by atoms with E-state index in [0.29, 0.717) is 48.5 Å². The molecule has 0 radical (unpaired) electrons. The zero-order valence-electron chi connectivity index (χ0n) is 18.8. The number of hydrogen-bond donors (Lipinski definition) is 1. The second-order valence-corrected chi connectivity index (χ2v) is 8.32. The number of para-hydroxylation sites is 1. The quantitative estimate of drug-likeness (QED) is 0.624. The summed E-state index contributed by atoms with van der Waals surface area (Å²) in [6, 6.07) is 13.7. The molecule has 1 fully saturated rings. The van der Waals surface area contributed by atoms with Crippen molar-refractivity contribution in [3.63, 3.8) is 0 Å². The van der Waals surface area contributed by atoms with Crippen LogP contribution in [0.5, 0.6) is 5.75 Å². The van der Waals surface area contributed by atoms with Crippen molar-refractivity contribution in [1.82, 2.24) is 14.8 Å². The zero-order chi connectivity index (χ0) is 23.5. The molecular weight excluding hydrogens is 423 g/mol. The molecule has 1 atom stereocenters. The Morgan fingerprint density at radius 2 is 1.88 bits per heavy atom. The summed E-state index contributed by atoms with van der Waals surface area (Å²) < 4.78 is 18.6. The summed E-state index contributed by atoms with van der Waals surface area (Å²) in [5, 5.41) is 0.674. The van der Waals surface area contributed by atoms with Crippen molar-refractivity contribution in [2.45, 2.75) is 25.9 Å². The average Bonchev–Trinajstić information content (AvgIpc) is 2.79. The van der Waals surface area contributed by atoms with Crippen LogP contribution >= 0.6 is 0 Å². The van der Waals surface area contributed by atoms with Gasteiger partial charge in [-0.05, 0) is 36.8 Å². The van der Waals surface area contributed by atoms with E-state index in [2.05, 4.69) is 9.88 Å². The number of primary amides is 1. The molecule has 1 saturated heterocycles. The van der Waals surface area contributed by atoms with Gasteiger partial charge in [-0.15, -0.1) is 0 Å². The number of hydrogen-bond acceptors (Lipinski definition) is 5. The molecule has 172 valence electrons. The molecule has 2 aromatic carbocycles. The van der Waals surface area contributed by atoms with E-state index >= 15 is 0 Å². The summed E-state index contributed by atoms with van der Waals surface area (Å²) in [5.74, 6) is -0.703. The predicted molar refractivity (Wildman–Crippen MR) is 123 cm³/mol. The molecule has 0 aliphatic carbocycles. The van der Waals surface area contributed by atoms with Crippen molar-refractivity contribution < 1.29 is 18.7 Å². The van der Waals surface area contributed by atoms with Gasteiger partial charge >= 0.3 is 0 Å². The molecule has 0 saturated carbocycles. The lowest BCUT2D eigenvalue weighted by molar-refractivity contribution is -0.135. The van der Waals surface area contributed by atoms with Gasteiger partial charge in [0.25, 0.3) is 5.91 Å². The van der Waals surface area contributed by atoms with Crippen LogP contribution in [-0.4, -0.2) is 59.4 Å². The number of benzene rings is 2. The van der Waals surface area contributed by atoms with E-state index in [-0.39, 0.29) is 29.8 Å². The molecule has 8 heteroatoms. The van der Waals surface area contributed by atoms with E-state index < -0.39 is 5.91 Å². The molecule has 33 heavy (non-hydrogen) atoms. The fourth-order valence-electron chi connectivity index (χ4n) is 4.46. The predicted octanol–water partition coefficient (Wildman–Crippen LogP) is 2.76. The summed E-state index contributed by atoms with van der Waals surface area (Å²) >= 11 is 0. The van der Waals surface area contributed by atoms with E-state index in [9.17, 15) is 14.0 Å². The Morgan fingerprint density at radius 1 is 1.15 bits per heavy atom. The summed E-state index contributed by atoms with van der Waals surface area (Å²) in [6.07, 6.45) is -0.0399. The molecule has 1 aliphatic rings. The number of piperazine rings is 1. The van der Waals surface area contributed by atoms with E-state index in [4.69, 9.17) is 10.5 Å². The Hall–Kier alpha value is -3.52. The van der Waals surface area contributed by atoms with Gasteiger partial charge in [0.15, 0.2) is 0 Å². The highest BCUT2D eigenvalue weighted by Gasteiger charge is 2.29. The molecular formula is C25H27FN4O3. The van der Waals surface area contributed by atoms with E-state index in [1.165, 1.54) is 19.2 Å². The minimum absolute atomic E-state index is 0.0221. The highest BCUT2D eigenvalue weighted by molar-refractivity contribution is 6.03. The number of nitrogens with zero attached hydrogens (tertiary/aromatic N) is 3. The number of amides is 2. The molecule has 1 aliphatic heterocycles. The number of fused-ring (bicyclic) bond motifs is 1. The second-order valence-electron chi connectivity index (χ2n) is 8.32. The third-order valence-electron chi connectivity index (χ3n) is 6.04. The minimum Gasteiger partial charge on any atom is -0.495 e. The number of halogens is 1. The Morgan fingerprint density at radius 3 is 2.55 bits per heavy atom. The SMILES string of the molecule is COc1c(C(N)=O)c(CC(=O)N2CCN(Cc3ccc(F)cc3)CC2C)nc2ccccc12. The van der Waals surface area contributed by atoms with Crippen molar-refractivity contribution in [2.75, 3.05) is 26.7 Å². The summed E-state index contributed by atoms with van der Waals surface area (Å²) in [7, 11) is 1.47. The number of carbonyl (C=O) groups excluding carboxylic acids is 2. The molecule has 7 nitrogen and oxygen atoms in total. The van der Waals surface area contributed by atoms with Crippen molar-refractivity contribution in [2.24, 2.45) is 5.73 Å². The molecule has 2 amide bonds. The van der Waals surface area contributed by atoms with Crippen LogP contribution in [0.15, 0.2) is 48.5 Å². The summed E-state index contributed by atoms with van der Waals surface area (Å²) in [5.41, 5.74) is 7.79. The first-order chi connectivity index (χ1) is 15.9. The maximum atomic E-state index is 13.2. The third kappa shape index (κ3) is 4.80. The summed E-state index contributed by atoms with van der Waals surface area (Å²) in [4.78, 5) is 34.1. The molecule has 2 N–H and O–H groups in total. The lowest BCUT2D eigenvalue weighted by Gasteiger charge is -2.40. The van der Waals surface area contributed by atoms with Crippen LogP contribution in [0.3, 0.4) is 0 Å². The zero-order valence-corrected chi connectivity index (χ0v) is 18.8. The highest BCUT2D eigenvalue weighted by Crippen LogP contribution is 2.31. The van der Waals surface area contributed by atoms with Crippen molar-refractivity contribution in [1.29, 1.82) is 0 Å². The van der Waals surface area contributed by atoms with Crippen LogP contribution < -0.4 is 10.5 Å². The van der Waals surface area contributed by atoms with Gasteiger partial charge in [0.1, 0.15) is 17.1 Å². The Kier molecular flexibility index (Phi) is 6.55. The number of methoxy groups -OCH3 is 1. The first kappa shape index (κ1) is 22.7. The van der Waals surface area contributed by atoms with Crippen LogP contribution in [-0.2, 0) is 17.8 Å². The second kappa shape index (κ2) is 9.54. The van der Waals surface area contributed by atoms with Crippen molar-refractivity contribution in [3.05, 3.63) is 71.2 Å². The van der Waals surface area contributed by atoms with E-state index in [1.807, 2.05) is 36.1 Å². The van der Waals surface area contributed by atoms with Gasteiger partial charge in [-0.1, -0.05) is 24.3 Å². The van der Waals surface area contributed by atoms with Gasteiger partial charge in [0.05, 0.1) is 24.7 Å². The average molecular weight is 451 g/mol. The topological polar surface area (TPSA) is 88.8 Å². The Bertz CT molecular complexity index is 1180. The Balaban J connectivity index is 1.51. The van der Waals surface area contributed by atoms with Gasteiger partial charge in [0, 0.05) is 37.6 Å². The molecule has 1 aromatic heterocycles. The molecule has 4 rings (SSSR count). The number of aromatic nitrogens is 1. The molecule has 3 aromatic rings. The Labute approximate surface area is 191 Å². The first-order valence-corrected chi connectivity index (χ1v) is 10.9. The monoisotopic (exact) mass is 450 g/mol. The molecule has 0 bridgehead atoms. The standard InChI is InChI=1S/C25H27FN4O3/c1-16-14-29(15-17-7-9-18(26)10-8-17)11-12-30(16)22(31)13-21-23(25(27)32)24(33-2)19-5-3-4-6-20(19)28-21/h3-10,16H,11-15H2,1-2H3,(H2,27,32). The van der Waals surface area contributed by atoms with Crippen LogP contribution in [0, 0.1) is 5.82 Å². The number of rotatable bonds is 6. The lowest BCUT2D eigenvalue weighted by Crippen LogP contribution is -2.54. The van der Waals surface area contributed by atoms with Crippen molar-refractivity contribution in [3.8, 4) is 5.75 Å². The van der Waals surface area contributed by atoms with E-state index in [1.54, 1.807) is 12.1 Å². The highest BCUT2D eigenvalue weighted by atomic mass is 19.1. The van der Waals surface area contributed by atoms with Gasteiger partial charge < -0.3 is 15.4 Å². The smallest absolute Gasteiger partial charge is 0.254 e. The number of carbonyl (C=O) groups is 2. The van der Waals surface area contributed by atoms with Gasteiger partial charge in [-0.25, -0.2) is 4.39 Å². The molecule has 2 heterocycles. The van der Waals surface area contributed by atoms with Crippen LogP contribution in [0.1, 0.15) is 28.5 Å². The third-order valence-corrected chi connectivity index (χ3v) is 6.04. The van der Waals surface area contributed by atoms with Gasteiger partial charge in [0.2, 0.25) is 5.91 Å². The number of ether oxygens (including phenoxy) is 1. The molecule has 1 unspecified atom stereocenters. The first-order valence-electron chi connectivity index (χ1n) is 10.9. The van der Waals surface area contributed by atoms with Gasteiger partial charge in [-0.2, -0.15) is 0 Å². The van der Waals surface area contributed by atoms with Crippen LogP contribution in [0.25, 0.3) is 10.9 Å². The summed E-state index contributed by atoms with van der Waals surface area (Å²) in [6.45, 7) is 4.64. The number of nitrogens with two attached hydrogens (primary N) is 1. The maximum absolute atomic E-state index is 13.2. The van der Waals surface area contributed by atoms with Crippen LogP contribution in [0.2, 0.25) is 0 Å². The van der Waals surface area contributed by atoms with Crippen LogP contribution in [0.4, 0.5) is 4.39 Å². The van der Waals surface area contributed by atoms with Crippen molar-refractivity contribution >= 4 is 22.7 Å². The maximum Gasteiger partial charge on any atom is 0.254 e. The normalized spacial score (nSPS) is 16.7. The van der Waals surface area contributed by atoms with E-state index in [0.717, 1.165) is 5.56 Å². The fourth-order valence-corrected chi connectivity index (χ4v) is 4.46. The largest absolute Gasteiger partial charge is 0.495 e. The fraction of sp³-hybridized carbons (Fsp3) is 0.320. The lowest BCUT2D eigenvalue weighted by atomic mass is 10.0. The minimum atomic E-state index is -0.676. The van der Waals surface area contributed by atoms with Gasteiger partial charge in [-0.3, -0.25) is 19.5 Å². The molecule has 0 spiro atoms. The number of pyridine rings is 1.